The number of hydrogen-bond donors (Lipinski definition) is 1. The zero-order valence-electron chi connectivity index (χ0n) is 14.1. The van der Waals surface area contributed by atoms with E-state index in [1.807, 2.05) is 35.7 Å². The summed E-state index contributed by atoms with van der Waals surface area (Å²) >= 11 is 6.02. The molecule has 0 bridgehead atoms. The first-order chi connectivity index (χ1) is 12.1. The molecule has 0 aliphatic rings. The lowest BCUT2D eigenvalue weighted by molar-refractivity contribution is 0.211. The fourth-order valence-electron chi connectivity index (χ4n) is 2.60. The number of ether oxygens (including phenoxy) is 1. The Bertz CT molecular complexity index is 894. The van der Waals surface area contributed by atoms with Gasteiger partial charge in [0.05, 0.1) is 31.2 Å². The van der Waals surface area contributed by atoms with Crippen molar-refractivity contribution in [1.82, 2.24) is 14.3 Å². The van der Waals surface area contributed by atoms with Crippen molar-refractivity contribution < 1.29 is 9.53 Å². The van der Waals surface area contributed by atoms with Gasteiger partial charge in [-0.15, -0.1) is 0 Å². The first-order valence-corrected chi connectivity index (χ1v) is 8.30. The van der Waals surface area contributed by atoms with E-state index in [1.165, 1.54) is 0 Å². The molecule has 0 radical (unpaired) electrons. The number of nitrogens with one attached hydrogen (secondary N) is 1. The minimum absolute atomic E-state index is 0.228. The molecule has 0 fully saturated rings. The Morgan fingerprint density at radius 3 is 2.96 bits per heavy atom. The summed E-state index contributed by atoms with van der Waals surface area (Å²) in [5.74, 6) is 0.559. The molecule has 2 aromatic heterocycles. The lowest BCUT2D eigenvalue weighted by atomic mass is 10.3. The van der Waals surface area contributed by atoms with Crippen molar-refractivity contribution in [2.75, 3.05) is 19.0 Å². The third-order valence-electron chi connectivity index (χ3n) is 3.92. The Balaban J connectivity index is 1.79. The van der Waals surface area contributed by atoms with E-state index in [9.17, 15) is 4.79 Å². The molecule has 0 aliphatic carbocycles. The number of pyridine rings is 1. The molecule has 130 valence electrons. The van der Waals surface area contributed by atoms with Gasteiger partial charge in [0, 0.05) is 17.8 Å². The Hall–Kier alpha value is -2.73. The van der Waals surface area contributed by atoms with Crippen molar-refractivity contribution in [3.05, 3.63) is 59.5 Å². The van der Waals surface area contributed by atoms with E-state index in [1.54, 1.807) is 36.4 Å². The topological polar surface area (TPSA) is 58.9 Å². The van der Waals surface area contributed by atoms with Gasteiger partial charge in [-0.05, 0) is 37.3 Å². The van der Waals surface area contributed by atoms with Crippen LogP contribution in [0.2, 0.25) is 5.02 Å². The molecule has 7 heteroatoms. The summed E-state index contributed by atoms with van der Waals surface area (Å²) in [6, 6.07) is 10.7. The summed E-state index contributed by atoms with van der Waals surface area (Å²) in [4.78, 5) is 18.7. The lowest BCUT2D eigenvalue weighted by Crippen LogP contribution is -2.34. The van der Waals surface area contributed by atoms with Crippen LogP contribution in [0, 0.1) is 0 Å². The molecule has 2 amide bonds. The zero-order valence-corrected chi connectivity index (χ0v) is 14.8. The number of rotatable bonds is 5. The minimum atomic E-state index is -0.228. The second-order valence-corrected chi connectivity index (χ2v) is 5.90. The Kier molecular flexibility index (Phi) is 5.09. The highest BCUT2D eigenvalue weighted by Gasteiger charge is 2.16. The molecule has 1 N–H and O–H groups in total. The fraction of sp³-hybridized carbons (Fsp3) is 0.222. The highest BCUT2D eigenvalue weighted by atomic mass is 35.5. The number of fused-ring (bicyclic) bond motifs is 1. The van der Waals surface area contributed by atoms with Crippen LogP contribution < -0.4 is 10.1 Å². The maximum Gasteiger partial charge on any atom is 0.322 e. The summed E-state index contributed by atoms with van der Waals surface area (Å²) in [7, 11) is 1.55. The molecule has 0 atom stereocenters. The number of urea groups is 1. The number of nitrogens with zero attached hydrogens (tertiary/aromatic N) is 3. The van der Waals surface area contributed by atoms with Crippen LogP contribution in [0.4, 0.5) is 10.5 Å². The van der Waals surface area contributed by atoms with E-state index < -0.39 is 0 Å². The van der Waals surface area contributed by atoms with Crippen molar-refractivity contribution in [2.45, 2.75) is 13.5 Å². The number of anilines is 1. The Morgan fingerprint density at radius 2 is 2.20 bits per heavy atom. The third kappa shape index (κ3) is 3.69. The van der Waals surface area contributed by atoms with Gasteiger partial charge in [0.25, 0.3) is 0 Å². The molecule has 0 saturated heterocycles. The van der Waals surface area contributed by atoms with Gasteiger partial charge in [0.2, 0.25) is 0 Å². The number of hydrogen-bond acceptors (Lipinski definition) is 3. The van der Waals surface area contributed by atoms with E-state index in [0.29, 0.717) is 29.5 Å². The van der Waals surface area contributed by atoms with Crippen LogP contribution in [0.5, 0.6) is 5.75 Å². The lowest BCUT2D eigenvalue weighted by Gasteiger charge is -2.22. The smallest absolute Gasteiger partial charge is 0.322 e. The zero-order chi connectivity index (χ0) is 17.8. The number of halogens is 1. The van der Waals surface area contributed by atoms with E-state index in [-0.39, 0.29) is 6.03 Å². The SMILES string of the molecule is CCN(Cc1cnc2ccccn12)C(=O)Nc1cc(Cl)ccc1OC. The maximum absolute atomic E-state index is 12.7. The van der Waals surface area contributed by atoms with Crippen molar-refractivity contribution in [3.63, 3.8) is 0 Å². The predicted octanol–water partition coefficient (Wildman–Crippen LogP) is 4.05. The maximum atomic E-state index is 12.7. The minimum Gasteiger partial charge on any atom is -0.495 e. The van der Waals surface area contributed by atoms with Crippen LogP contribution in [-0.4, -0.2) is 34.0 Å². The van der Waals surface area contributed by atoms with Crippen molar-refractivity contribution in [1.29, 1.82) is 0 Å². The molecule has 6 nitrogen and oxygen atoms in total. The van der Waals surface area contributed by atoms with Gasteiger partial charge < -0.3 is 19.4 Å². The molecule has 3 aromatic rings. The van der Waals surface area contributed by atoms with E-state index in [2.05, 4.69) is 10.3 Å². The number of carbonyl (C=O) groups excluding carboxylic acids is 1. The van der Waals surface area contributed by atoms with Gasteiger partial charge in [-0.1, -0.05) is 17.7 Å². The summed E-state index contributed by atoms with van der Waals surface area (Å²) in [6.45, 7) is 2.92. The van der Waals surface area contributed by atoms with Gasteiger partial charge in [0.15, 0.2) is 0 Å². The molecule has 0 unspecified atom stereocenters. The number of benzene rings is 1. The van der Waals surface area contributed by atoms with Crippen LogP contribution in [0.25, 0.3) is 5.65 Å². The quantitative estimate of drug-likeness (QED) is 0.748. The average molecular weight is 359 g/mol. The molecule has 0 saturated carbocycles. The third-order valence-corrected chi connectivity index (χ3v) is 4.15. The van der Waals surface area contributed by atoms with Gasteiger partial charge in [-0.25, -0.2) is 9.78 Å². The van der Waals surface area contributed by atoms with Crippen LogP contribution >= 0.6 is 11.6 Å². The molecule has 0 aliphatic heterocycles. The van der Waals surface area contributed by atoms with Crippen LogP contribution in [0.15, 0.2) is 48.8 Å². The summed E-state index contributed by atoms with van der Waals surface area (Å²) in [5.41, 5.74) is 2.33. The largest absolute Gasteiger partial charge is 0.495 e. The first-order valence-electron chi connectivity index (χ1n) is 7.92. The highest BCUT2D eigenvalue weighted by molar-refractivity contribution is 6.31. The fourth-order valence-corrected chi connectivity index (χ4v) is 2.77. The molecule has 2 heterocycles. The van der Waals surface area contributed by atoms with Crippen molar-refractivity contribution >= 4 is 29.0 Å². The number of carbonyl (C=O) groups is 1. The summed E-state index contributed by atoms with van der Waals surface area (Å²) in [5, 5.41) is 3.39. The standard InChI is InChI=1S/C18H19ClN4O2/c1-3-22(12-14-11-20-17-6-4-5-9-23(14)17)18(24)21-15-10-13(19)7-8-16(15)25-2/h4-11H,3,12H2,1-2H3,(H,21,24). The number of aromatic nitrogens is 2. The van der Waals surface area contributed by atoms with Crippen LogP contribution in [0.1, 0.15) is 12.6 Å². The predicted molar refractivity (Wildman–Crippen MR) is 98.3 cm³/mol. The molecular formula is C18H19ClN4O2. The van der Waals surface area contributed by atoms with Crippen molar-refractivity contribution in [2.24, 2.45) is 0 Å². The molecule has 3 rings (SSSR count). The second kappa shape index (κ2) is 7.44. The average Bonchev–Trinajstić information content (AvgIpc) is 3.03. The highest BCUT2D eigenvalue weighted by Crippen LogP contribution is 2.28. The van der Waals surface area contributed by atoms with E-state index >= 15 is 0 Å². The van der Waals surface area contributed by atoms with Gasteiger partial charge in [-0.2, -0.15) is 0 Å². The van der Waals surface area contributed by atoms with Gasteiger partial charge >= 0.3 is 6.03 Å². The molecule has 1 aromatic carbocycles. The number of imidazole rings is 1. The van der Waals surface area contributed by atoms with Crippen LogP contribution in [0.3, 0.4) is 0 Å². The van der Waals surface area contributed by atoms with Gasteiger partial charge in [0.1, 0.15) is 11.4 Å². The molecular weight excluding hydrogens is 340 g/mol. The van der Waals surface area contributed by atoms with Gasteiger partial charge in [-0.3, -0.25) is 0 Å². The number of methoxy groups -OCH3 is 1. The number of amides is 2. The Labute approximate surface area is 151 Å². The summed E-state index contributed by atoms with van der Waals surface area (Å²) < 4.78 is 7.24. The first kappa shape index (κ1) is 17.1. The van der Waals surface area contributed by atoms with E-state index in [4.69, 9.17) is 16.3 Å². The van der Waals surface area contributed by atoms with E-state index in [0.717, 1.165) is 11.3 Å². The summed E-state index contributed by atoms with van der Waals surface area (Å²) in [6.07, 6.45) is 3.72. The Morgan fingerprint density at radius 1 is 1.36 bits per heavy atom. The normalized spacial score (nSPS) is 10.7. The molecule has 0 spiro atoms. The molecule has 25 heavy (non-hydrogen) atoms. The second-order valence-electron chi connectivity index (χ2n) is 5.47. The monoisotopic (exact) mass is 358 g/mol. The van der Waals surface area contributed by atoms with Crippen LogP contribution in [-0.2, 0) is 6.54 Å². The van der Waals surface area contributed by atoms with Crippen molar-refractivity contribution in [3.8, 4) is 5.75 Å².